The fourth-order valence-electron chi connectivity index (χ4n) is 0.971. The van der Waals surface area contributed by atoms with Crippen LogP contribution in [0.5, 0.6) is 0 Å². The van der Waals surface area contributed by atoms with Gasteiger partial charge in [0.1, 0.15) is 5.56 Å². The van der Waals surface area contributed by atoms with Crippen molar-refractivity contribution >= 4 is 15.8 Å². The quantitative estimate of drug-likeness (QED) is 0.493. The maximum atomic E-state index is 12.9. The third-order valence-electron chi connectivity index (χ3n) is 1.66. The number of sulfonamides is 1. The average Bonchev–Trinajstić information content (AvgIpc) is 2.14. The van der Waals surface area contributed by atoms with E-state index < -0.39 is 43.6 Å². The van der Waals surface area contributed by atoms with Crippen molar-refractivity contribution in [3.63, 3.8) is 0 Å². The van der Waals surface area contributed by atoms with Crippen LogP contribution in [0.1, 0.15) is 12.0 Å². The molecule has 1 heterocycles. The summed E-state index contributed by atoms with van der Waals surface area (Å²) in [5.74, 6) is -3.26. The number of halogens is 3. The third kappa shape index (κ3) is 2.68. The lowest BCUT2D eigenvalue weighted by molar-refractivity contribution is -0.393. The molecule has 1 rings (SSSR count). The lowest BCUT2D eigenvalue weighted by atomic mass is 10.3. The van der Waals surface area contributed by atoms with Gasteiger partial charge in [0, 0.05) is 0 Å². The van der Waals surface area contributed by atoms with Crippen LogP contribution in [0, 0.1) is 16.1 Å². The first-order chi connectivity index (χ1) is 7.64. The first-order valence-corrected chi connectivity index (χ1v) is 5.35. The fraction of sp³-hybridized carbons (Fsp3) is 0.167. The predicted molar refractivity (Wildman–Crippen MR) is 47.2 cm³/mol. The second kappa shape index (κ2) is 4.25. The zero-order chi connectivity index (χ0) is 13.4. The van der Waals surface area contributed by atoms with E-state index in [0.717, 1.165) is 0 Å². The van der Waals surface area contributed by atoms with Crippen molar-refractivity contribution in [1.82, 2.24) is 4.98 Å². The van der Waals surface area contributed by atoms with Gasteiger partial charge in [-0.25, -0.2) is 22.3 Å². The SMILES string of the molecule is NS(=O)(=O)c1cc(C(F)F)c(F)nc1[N+](=O)[O-]. The van der Waals surface area contributed by atoms with Gasteiger partial charge in [0.15, 0.2) is 4.90 Å². The highest BCUT2D eigenvalue weighted by molar-refractivity contribution is 7.89. The lowest BCUT2D eigenvalue weighted by Gasteiger charge is -2.03. The van der Waals surface area contributed by atoms with Crippen molar-refractivity contribution in [2.24, 2.45) is 5.14 Å². The van der Waals surface area contributed by atoms with E-state index in [1.165, 1.54) is 0 Å². The Balaban J connectivity index is 3.66. The topological polar surface area (TPSA) is 116 Å². The molecule has 0 radical (unpaired) electrons. The minimum Gasteiger partial charge on any atom is -0.358 e. The molecule has 0 bridgehead atoms. The molecule has 0 aliphatic rings. The normalized spacial score (nSPS) is 11.8. The monoisotopic (exact) mass is 271 g/mol. The van der Waals surface area contributed by atoms with E-state index in [9.17, 15) is 31.7 Å². The van der Waals surface area contributed by atoms with Crippen molar-refractivity contribution < 1.29 is 26.5 Å². The van der Waals surface area contributed by atoms with Gasteiger partial charge in [-0.1, -0.05) is 0 Å². The number of pyridine rings is 1. The summed E-state index contributed by atoms with van der Waals surface area (Å²) >= 11 is 0. The van der Waals surface area contributed by atoms with E-state index in [4.69, 9.17) is 0 Å². The van der Waals surface area contributed by atoms with Crippen molar-refractivity contribution in [1.29, 1.82) is 0 Å². The number of rotatable bonds is 3. The molecule has 1 aromatic heterocycles. The van der Waals surface area contributed by atoms with Crippen molar-refractivity contribution in [3.05, 3.63) is 27.7 Å². The molecular weight excluding hydrogens is 267 g/mol. The Morgan fingerprint density at radius 1 is 1.47 bits per heavy atom. The maximum absolute atomic E-state index is 12.9. The van der Waals surface area contributed by atoms with Crippen LogP contribution in [-0.2, 0) is 10.0 Å². The van der Waals surface area contributed by atoms with Gasteiger partial charge in [0.2, 0.25) is 10.0 Å². The molecule has 0 saturated carbocycles. The summed E-state index contributed by atoms with van der Waals surface area (Å²) in [7, 11) is -4.66. The Labute approximate surface area is 92.3 Å². The molecule has 0 aliphatic heterocycles. The Kier molecular flexibility index (Phi) is 3.33. The van der Waals surface area contributed by atoms with Gasteiger partial charge in [-0.05, 0) is 16.0 Å². The zero-order valence-electron chi connectivity index (χ0n) is 7.80. The van der Waals surface area contributed by atoms with Crippen LogP contribution in [0.25, 0.3) is 0 Å². The summed E-state index contributed by atoms with van der Waals surface area (Å²) in [5.41, 5.74) is -1.38. The minimum atomic E-state index is -4.66. The van der Waals surface area contributed by atoms with Gasteiger partial charge in [-0.15, -0.1) is 0 Å². The Morgan fingerprint density at radius 2 is 2.00 bits per heavy atom. The summed E-state index contributed by atoms with van der Waals surface area (Å²) in [5, 5.41) is 14.9. The summed E-state index contributed by atoms with van der Waals surface area (Å²) in [6.45, 7) is 0. The molecule has 17 heavy (non-hydrogen) atoms. The van der Waals surface area contributed by atoms with Crippen LogP contribution in [0.4, 0.5) is 19.0 Å². The number of primary sulfonamides is 1. The summed E-state index contributed by atoms with van der Waals surface area (Å²) in [6, 6.07) is 0.0977. The minimum absolute atomic E-state index is 0.0977. The first-order valence-electron chi connectivity index (χ1n) is 3.80. The van der Waals surface area contributed by atoms with Gasteiger partial charge in [0.25, 0.3) is 6.43 Å². The number of nitrogens with two attached hydrogens (primary N) is 1. The molecule has 11 heteroatoms. The summed E-state index contributed by atoms with van der Waals surface area (Å²) in [4.78, 5) is 10.3. The molecular formula is C6H4F3N3O4S. The summed E-state index contributed by atoms with van der Waals surface area (Å²) < 4.78 is 59.2. The largest absolute Gasteiger partial charge is 0.386 e. The molecule has 0 fully saturated rings. The number of nitrogens with zero attached hydrogens (tertiary/aromatic N) is 2. The maximum Gasteiger partial charge on any atom is 0.386 e. The van der Waals surface area contributed by atoms with Crippen LogP contribution in [0.15, 0.2) is 11.0 Å². The van der Waals surface area contributed by atoms with Crippen molar-refractivity contribution in [3.8, 4) is 0 Å². The molecule has 0 aromatic carbocycles. The molecule has 0 atom stereocenters. The molecule has 1 aromatic rings. The lowest BCUT2D eigenvalue weighted by Crippen LogP contribution is -2.16. The average molecular weight is 271 g/mol. The van der Waals surface area contributed by atoms with E-state index in [-0.39, 0.29) is 6.07 Å². The molecule has 0 amide bonds. The van der Waals surface area contributed by atoms with E-state index in [2.05, 4.69) is 10.1 Å². The Hall–Kier alpha value is -1.75. The molecule has 2 N–H and O–H groups in total. The van der Waals surface area contributed by atoms with E-state index in [1.807, 2.05) is 0 Å². The Bertz CT molecular complexity index is 574. The van der Waals surface area contributed by atoms with Crippen molar-refractivity contribution in [2.75, 3.05) is 0 Å². The van der Waals surface area contributed by atoms with Gasteiger partial charge in [-0.3, -0.25) is 0 Å². The molecule has 0 spiro atoms. The van der Waals surface area contributed by atoms with Crippen molar-refractivity contribution in [2.45, 2.75) is 11.3 Å². The summed E-state index contributed by atoms with van der Waals surface area (Å²) in [6.07, 6.45) is -3.37. The molecule has 0 unspecified atom stereocenters. The fourth-order valence-corrected chi connectivity index (χ4v) is 1.64. The molecule has 0 saturated heterocycles. The second-order valence-corrected chi connectivity index (χ2v) is 4.32. The molecule has 0 aliphatic carbocycles. The molecule has 94 valence electrons. The second-order valence-electron chi connectivity index (χ2n) is 2.79. The van der Waals surface area contributed by atoms with Gasteiger partial charge < -0.3 is 10.1 Å². The first kappa shape index (κ1) is 13.3. The van der Waals surface area contributed by atoms with Crippen LogP contribution in [-0.4, -0.2) is 18.3 Å². The highest BCUT2D eigenvalue weighted by Gasteiger charge is 2.31. The number of hydrogen-bond acceptors (Lipinski definition) is 5. The molecule has 7 nitrogen and oxygen atoms in total. The highest BCUT2D eigenvalue weighted by atomic mass is 32.2. The van der Waals surface area contributed by atoms with Gasteiger partial charge in [0.05, 0.1) is 0 Å². The zero-order valence-corrected chi connectivity index (χ0v) is 8.62. The smallest absolute Gasteiger partial charge is 0.358 e. The van der Waals surface area contributed by atoms with Crippen LogP contribution >= 0.6 is 0 Å². The Morgan fingerprint density at radius 3 is 2.35 bits per heavy atom. The number of nitro groups is 1. The van der Waals surface area contributed by atoms with Crippen LogP contribution in [0.2, 0.25) is 0 Å². The number of aromatic nitrogens is 1. The van der Waals surface area contributed by atoms with E-state index >= 15 is 0 Å². The van der Waals surface area contributed by atoms with Gasteiger partial charge in [-0.2, -0.15) is 4.39 Å². The van der Waals surface area contributed by atoms with E-state index in [1.54, 1.807) is 0 Å². The number of hydrogen-bond donors (Lipinski definition) is 1. The highest BCUT2D eigenvalue weighted by Crippen LogP contribution is 2.28. The number of alkyl halides is 2. The van der Waals surface area contributed by atoms with Crippen LogP contribution in [0.3, 0.4) is 0 Å². The van der Waals surface area contributed by atoms with E-state index in [0.29, 0.717) is 0 Å². The third-order valence-corrected chi connectivity index (χ3v) is 2.58. The predicted octanol–water partition coefficient (Wildman–Crippen LogP) is 0.714. The van der Waals surface area contributed by atoms with Gasteiger partial charge >= 0.3 is 11.8 Å². The standard InChI is InChI=1S/C6H4F3N3O4S/c7-4(8)2-1-3(17(10,15)16)6(12(13)14)11-5(2)9/h1,4H,(H2,10,15,16). The van der Waals surface area contributed by atoms with Crippen LogP contribution < -0.4 is 5.14 Å².